The lowest BCUT2D eigenvalue weighted by Crippen LogP contribution is -2.42. The Morgan fingerprint density at radius 3 is 1.77 bits per heavy atom. The topological polar surface area (TPSA) is 164 Å². The summed E-state index contributed by atoms with van der Waals surface area (Å²) in [7, 11) is 8.31. The number of carbonyl (C=O) groups excluding carboxylic acids is 1. The second kappa shape index (κ2) is 18.4. The van der Waals surface area contributed by atoms with Crippen molar-refractivity contribution in [3.63, 3.8) is 0 Å². The molecular formula is C19H44N4O7. The van der Waals surface area contributed by atoms with E-state index in [0.717, 1.165) is 6.61 Å². The van der Waals surface area contributed by atoms with Gasteiger partial charge in [-0.25, -0.2) is 4.59 Å². The number of methoxy groups -OCH3 is 1. The number of likely N-dealkylation sites (N-methyl/N-ethyl adjacent to an activating group) is 1. The summed E-state index contributed by atoms with van der Waals surface area (Å²) in [6, 6.07) is 0. The number of ether oxygens (including phenoxy) is 2. The summed E-state index contributed by atoms with van der Waals surface area (Å²) >= 11 is 0. The third kappa shape index (κ3) is 37.4. The van der Waals surface area contributed by atoms with Crippen LogP contribution in [0.25, 0.3) is 0 Å². The fourth-order valence-electron chi connectivity index (χ4n) is 1.70. The average molecular weight is 441 g/mol. The minimum Gasteiger partial charge on any atom is -0.858 e. The van der Waals surface area contributed by atoms with Gasteiger partial charge in [0, 0.05) is 26.4 Å². The van der Waals surface area contributed by atoms with Gasteiger partial charge in [-0.15, -0.1) is 5.10 Å². The first-order valence-electron chi connectivity index (χ1n) is 9.76. The van der Waals surface area contributed by atoms with Gasteiger partial charge in [-0.05, 0) is 27.7 Å². The number of aliphatic hydroxyl groups excluding tert-OH is 3. The molecule has 1 fully saturated rings. The molecule has 0 bridgehead atoms. The molecule has 1 rings (SSSR count). The summed E-state index contributed by atoms with van der Waals surface area (Å²) in [5.41, 5.74) is 0. The summed E-state index contributed by atoms with van der Waals surface area (Å²) in [6.45, 7) is 8.15. The molecule has 5 N–H and O–H groups in total. The standard InChI is InChI=1S/C9H20N2O3.C5H10O3.C3H6O.C2H8N2/c1-7(12)5-9(14)10-11(3,4)6-8(2)13;1-4(6)3-5(7)8-2;1-3-2-4-3;1-4(2)3/h7-8,12-13H,5-6H2,1-4H3;4,6H,3H2,1-2H3;3H,2H2,1H3;3H2,1-2H3/t7-,8-;4-;3-;/m000./s1. The Morgan fingerprint density at radius 2 is 1.57 bits per heavy atom. The van der Waals surface area contributed by atoms with Crippen molar-refractivity contribution in [1.29, 1.82) is 0 Å². The third-order valence-electron chi connectivity index (χ3n) is 2.75. The Hall–Kier alpha value is -1.34. The predicted molar refractivity (Wildman–Crippen MR) is 114 cm³/mol. The number of hydrogen-bond acceptors (Lipinski definition) is 10. The van der Waals surface area contributed by atoms with E-state index < -0.39 is 18.3 Å². The molecule has 30 heavy (non-hydrogen) atoms. The van der Waals surface area contributed by atoms with Crippen LogP contribution in [0, 0.1) is 0 Å². The Bertz CT molecular complexity index is 449. The summed E-state index contributed by atoms with van der Waals surface area (Å²) < 4.78 is 9.06. The first kappa shape index (κ1) is 33.3. The van der Waals surface area contributed by atoms with E-state index in [1.54, 1.807) is 42.0 Å². The van der Waals surface area contributed by atoms with Crippen molar-refractivity contribution in [2.45, 2.75) is 65.0 Å². The molecule has 1 saturated heterocycles. The number of hydrogen-bond donors (Lipinski definition) is 4. The number of aliphatic hydroxyl groups is 3. The number of carbonyl (C=O) groups is 1. The highest BCUT2D eigenvalue weighted by molar-refractivity contribution is 5.71. The number of epoxide rings is 1. The SMILES string of the molecule is CN(C)N.COC(=O)C[C@H](C)O.C[C@H](O)CC([O-])=N[N+](C)(C)C[C@H](C)O.C[C@H]1CO1. The van der Waals surface area contributed by atoms with Gasteiger partial charge in [0.2, 0.25) is 0 Å². The molecule has 11 heteroatoms. The van der Waals surface area contributed by atoms with E-state index >= 15 is 0 Å². The molecule has 182 valence electrons. The van der Waals surface area contributed by atoms with E-state index in [4.69, 9.17) is 25.9 Å². The third-order valence-corrected chi connectivity index (χ3v) is 2.75. The van der Waals surface area contributed by atoms with Gasteiger partial charge < -0.3 is 29.9 Å². The van der Waals surface area contributed by atoms with Crippen LogP contribution in [0.2, 0.25) is 0 Å². The molecule has 0 amide bonds. The molecule has 0 aromatic carbocycles. The van der Waals surface area contributed by atoms with Crippen molar-refractivity contribution in [1.82, 2.24) is 5.01 Å². The average Bonchev–Trinajstić information content (AvgIpc) is 3.26. The summed E-state index contributed by atoms with van der Waals surface area (Å²) in [4.78, 5) is 10.2. The second-order valence-electron chi connectivity index (χ2n) is 7.94. The maximum Gasteiger partial charge on any atom is 0.308 e. The highest BCUT2D eigenvalue weighted by Gasteiger charge is 2.17. The molecule has 0 aliphatic carbocycles. The van der Waals surface area contributed by atoms with Crippen molar-refractivity contribution in [2.75, 3.05) is 48.5 Å². The fraction of sp³-hybridized carbons (Fsp3) is 0.895. The molecule has 0 aromatic rings. The molecule has 11 nitrogen and oxygen atoms in total. The molecule has 0 radical (unpaired) electrons. The minimum absolute atomic E-state index is 0.0293. The molecule has 4 atom stereocenters. The zero-order valence-electron chi connectivity index (χ0n) is 20.0. The van der Waals surface area contributed by atoms with Crippen LogP contribution >= 0.6 is 0 Å². The van der Waals surface area contributed by atoms with Gasteiger partial charge in [-0.2, -0.15) is 0 Å². The van der Waals surface area contributed by atoms with E-state index in [1.165, 1.54) is 19.0 Å². The lowest BCUT2D eigenvalue weighted by molar-refractivity contribution is -0.901. The molecule has 1 heterocycles. The van der Waals surface area contributed by atoms with Gasteiger partial charge in [-0.1, -0.05) is 0 Å². The normalized spacial score (nSPS) is 18.3. The molecule has 0 saturated carbocycles. The van der Waals surface area contributed by atoms with Crippen molar-refractivity contribution in [3.05, 3.63) is 0 Å². The van der Waals surface area contributed by atoms with Crippen LogP contribution in [0.4, 0.5) is 0 Å². The zero-order valence-corrected chi connectivity index (χ0v) is 20.0. The summed E-state index contributed by atoms with van der Waals surface area (Å²) in [5.74, 6) is 4.23. The second-order valence-corrected chi connectivity index (χ2v) is 7.94. The van der Waals surface area contributed by atoms with Crippen LogP contribution in [0.5, 0.6) is 0 Å². The van der Waals surface area contributed by atoms with E-state index in [1.807, 2.05) is 0 Å². The van der Waals surface area contributed by atoms with E-state index in [-0.39, 0.29) is 29.3 Å². The van der Waals surface area contributed by atoms with Gasteiger partial charge in [0.05, 0.1) is 52.5 Å². The number of nitrogens with two attached hydrogens (primary N) is 1. The van der Waals surface area contributed by atoms with Crippen LogP contribution in [0.3, 0.4) is 0 Å². The van der Waals surface area contributed by atoms with Crippen LogP contribution in [-0.4, -0.2) is 110 Å². The molecule has 0 unspecified atom stereocenters. The Morgan fingerprint density at radius 1 is 1.20 bits per heavy atom. The van der Waals surface area contributed by atoms with Crippen LogP contribution in [0.15, 0.2) is 5.10 Å². The quantitative estimate of drug-likeness (QED) is 0.0712. The van der Waals surface area contributed by atoms with Gasteiger partial charge in [0.25, 0.3) is 0 Å². The number of esters is 1. The van der Waals surface area contributed by atoms with Crippen LogP contribution < -0.4 is 10.9 Å². The smallest absolute Gasteiger partial charge is 0.308 e. The zero-order chi connectivity index (χ0) is 24.5. The van der Waals surface area contributed by atoms with Crippen molar-refractivity contribution >= 4 is 11.9 Å². The number of hydrazine groups is 1. The maximum absolute atomic E-state index is 11.2. The van der Waals surface area contributed by atoms with Crippen molar-refractivity contribution in [2.24, 2.45) is 10.9 Å². The molecule has 1 aliphatic rings. The van der Waals surface area contributed by atoms with E-state index in [9.17, 15) is 9.90 Å². The van der Waals surface area contributed by atoms with E-state index in [0.29, 0.717) is 12.6 Å². The van der Waals surface area contributed by atoms with Gasteiger partial charge in [0.15, 0.2) is 0 Å². The monoisotopic (exact) mass is 440 g/mol. The number of nitrogens with zero attached hydrogens (tertiary/aromatic N) is 3. The van der Waals surface area contributed by atoms with Crippen molar-refractivity contribution in [3.8, 4) is 0 Å². The number of rotatable bonds is 7. The lowest BCUT2D eigenvalue weighted by Gasteiger charge is -2.26. The molecule has 1 aliphatic heterocycles. The highest BCUT2D eigenvalue weighted by Crippen LogP contribution is 2.04. The number of quaternary nitrogens is 1. The molecule has 0 aromatic heterocycles. The lowest BCUT2D eigenvalue weighted by atomic mass is 10.3. The Balaban J connectivity index is -0.000000378. The molecular weight excluding hydrogens is 396 g/mol. The van der Waals surface area contributed by atoms with E-state index in [2.05, 4.69) is 16.8 Å². The van der Waals surface area contributed by atoms with Gasteiger partial charge in [0.1, 0.15) is 12.6 Å². The largest absolute Gasteiger partial charge is 0.858 e. The van der Waals surface area contributed by atoms with Crippen LogP contribution in [0.1, 0.15) is 40.5 Å². The highest BCUT2D eigenvalue weighted by atomic mass is 16.6. The Kier molecular flexibility index (Phi) is 20.5. The fourth-order valence-corrected chi connectivity index (χ4v) is 1.70. The van der Waals surface area contributed by atoms with Crippen molar-refractivity contribution < 1.29 is 39.3 Å². The minimum atomic E-state index is -0.669. The van der Waals surface area contributed by atoms with Gasteiger partial charge >= 0.3 is 5.97 Å². The molecule has 0 spiro atoms. The Labute approximate surface area is 181 Å². The maximum atomic E-state index is 11.2. The summed E-state index contributed by atoms with van der Waals surface area (Å²) in [6.07, 6.45) is -1.08. The predicted octanol–water partition coefficient (Wildman–Crippen LogP) is -1.35. The van der Waals surface area contributed by atoms with Gasteiger partial charge in [-0.3, -0.25) is 15.6 Å². The first-order valence-corrected chi connectivity index (χ1v) is 9.76. The van der Waals surface area contributed by atoms with Crippen LogP contribution in [-0.2, 0) is 14.3 Å². The summed E-state index contributed by atoms with van der Waals surface area (Å²) in [5, 5.41) is 43.3. The first-order chi connectivity index (χ1) is 13.5.